The van der Waals surface area contributed by atoms with E-state index in [0.29, 0.717) is 0 Å². The molecule has 2 aromatic rings. The summed E-state index contributed by atoms with van der Waals surface area (Å²) in [5.74, 6) is -1.69. The van der Waals surface area contributed by atoms with Crippen molar-refractivity contribution in [1.82, 2.24) is 19.5 Å². The number of aromatic nitrogens is 4. The second-order valence-electron chi connectivity index (χ2n) is 12.6. The minimum atomic E-state index is -1.06. The Bertz CT molecular complexity index is 1340. The van der Waals surface area contributed by atoms with Crippen LogP contribution in [0.2, 0.25) is 0 Å². The van der Waals surface area contributed by atoms with E-state index < -0.39 is 30.1 Å². The summed E-state index contributed by atoms with van der Waals surface area (Å²) in [7, 11) is 0. The van der Waals surface area contributed by atoms with Crippen LogP contribution >= 0.6 is 0 Å². The van der Waals surface area contributed by atoms with Crippen LogP contribution in [0.3, 0.4) is 0 Å². The van der Waals surface area contributed by atoms with Crippen LogP contribution in [0.5, 0.6) is 0 Å². The fourth-order valence-corrected chi connectivity index (χ4v) is 7.14. The molecule has 234 valence electrons. The van der Waals surface area contributed by atoms with E-state index >= 15 is 0 Å². The maximum absolute atomic E-state index is 13.5. The van der Waals surface area contributed by atoms with Crippen LogP contribution in [0.15, 0.2) is 17.4 Å². The third-order valence-electron chi connectivity index (χ3n) is 9.63. The topological polar surface area (TPSA) is 152 Å². The van der Waals surface area contributed by atoms with Gasteiger partial charge in [0.2, 0.25) is 0 Å². The number of nitrogens with one attached hydrogen (secondary N) is 1. The molecule has 1 saturated heterocycles. The van der Waals surface area contributed by atoms with Gasteiger partial charge in [-0.25, -0.2) is 9.97 Å². The summed E-state index contributed by atoms with van der Waals surface area (Å²) in [6.45, 7) is -0.160. The summed E-state index contributed by atoms with van der Waals surface area (Å²) in [5, 5.41) is 0. The molecule has 3 saturated carbocycles. The molecule has 0 amide bonds. The maximum atomic E-state index is 13.5. The first-order valence-electron chi connectivity index (χ1n) is 16.1. The number of fused-ring (bicyclic) bond motifs is 1. The molecule has 4 fully saturated rings. The van der Waals surface area contributed by atoms with Crippen LogP contribution < -0.4 is 5.56 Å². The number of rotatable bonds is 8. The van der Waals surface area contributed by atoms with Crippen LogP contribution in [0, 0.1) is 17.8 Å². The number of H-pyrrole nitrogens is 1. The Morgan fingerprint density at radius 2 is 1.30 bits per heavy atom. The van der Waals surface area contributed by atoms with Gasteiger partial charge in [-0.05, 0) is 38.5 Å². The Morgan fingerprint density at radius 3 is 1.88 bits per heavy atom. The molecule has 3 heterocycles. The van der Waals surface area contributed by atoms with Gasteiger partial charge in [0.15, 0.2) is 29.6 Å². The molecule has 0 unspecified atom stereocenters. The van der Waals surface area contributed by atoms with Gasteiger partial charge in [0.25, 0.3) is 5.56 Å². The average Bonchev–Trinajstić information content (AvgIpc) is 3.63. The van der Waals surface area contributed by atoms with Gasteiger partial charge in [0.05, 0.1) is 30.4 Å². The lowest BCUT2D eigenvalue weighted by Crippen LogP contribution is -2.43. The number of hydrogen-bond acceptors (Lipinski definition) is 10. The first-order valence-corrected chi connectivity index (χ1v) is 16.1. The van der Waals surface area contributed by atoms with E-state index in [1.165, 1.54) is 17.2 Å². The zero-order chi connectivity index (χ0) is 29.8. The minimum Gasteiger partial charge on any atom is -0.463 e. The number of esters is 3. The van der Waals surface area contributed by atoms with Crippen molar-refractivity contribution in [2.75, 3.05) is 6.61 Å². The van der Waals surface area contributed by atoms with Gasteiger partial charge in [-0.2, -0.15) is 0 Å². The number of imidazole rings is 1. The molecule has 0 spiro atoms. The van der Waals surface area contributed by atoms with Crippen molar-refractivity contribution in [3.05, 3.63) is 23.0 Å². The van der Waals surface area contributed by atoms with Crippen molar-refractivity contribution in [3.63, 3.8) is 0 Å². The summed E-state index contributed by atoms with van der Waals surface area (Å²) < 4.78 is 26.1. The van der Waals surface area contributed by atoms with Gasteiger partial charge in [-0.15, -0.1) is 0 Å². The summed E-state index contributed by atoms with van der Waals surface area (Å²) in [6.07, 6.45) is 12.3. The molecular weight excluding hydrogens is 556 g/mol. The largest absolute Gasteiger partial charge is 0.463 e. The summed E-state index contributed by atoms with van der Waals surface area (Å²) in [5.41, 5.74) is -0.0770. The Morgan fingerprint density at radius 1 is 0.767 bits per heavy atom. The number of carbonyl (C=O) groups excluding carboxylic acids is 3. The molecule has 0 bridgehead atoms. The molecule has 4 atom stereocenters. The molecule has 2 aromatic heterocycles. The molecule has 6 rings (SSSR count). The van der Waals surface area contributed by atoms with Crippen LogP contribution in [0.25, 0.3) is 11.2 Å². The number of nitrogens with zero attached hydrogens (tertiary/aromatic N) is 3. The fraction of sp³-hybridized carbons (Fsp3) is 0.742. The standard InChI is InChI=1S/C31H42N4O8/c36-27-23-26(32-17-33-27)35(18-34-23)28-25(43-31(39)21-14-8-3-9-15-21)24(42-30(38)20-12-6-2-7-13-20)22(41-28)16-40-29(37)19-10-4-1-5-11-19/h17-22,24-25,28H,1-16H2,(H,32,33,36)/t22-,24-,25-,28-/m1/s1. The summed E-state index contributed by atoms with van der Waals surface area (Å²) in [4.78, 5) is 63.4. The molecule has 43 heavy (non-hydrogen) atoms. The van der Waals surface area contributed by atoms with Crippen LogP contribution in [0.1, 0.15) is 103 Å². The van der Waals surface area contributed by atoms with Crippen molar-refractivity contribution in [1.29, 1.82) is 0 Å². The number of carbonyl (C=O) groups is 3. The van der Waals surface area contributed by atoms with E-state index in [0.717, 1.165) is 96.3 Å². The second-order valence-corrected chi connectivity index (χ2v) is 12.6. The number of aromatic amines is 1. The molecule has 0 radical (unpaired) electrons. The van der Waals surface area contributed by atoms with Crippen LogP contribution in [0.4, 0.5) is 0 Å². The molecular formula is C31H42N4O8. The summed E-state index contributed by atoms with van der Waals surface area (Å²) in [6, 6.07) is 0. The molecule has 12 nitrogen and oxygen atoms in total. The minimum absolute atomic E-state index is 0.103. The molecule has 12 heteroatoms. The van der Waals surface area contributed by atoms with E-state index in [1.807, 2.05) is 0 Å². The lowest BCUT2D eigenvalue weighted by molar-refractivity contribution is -0.175. The molecule has 1 N–H and O–H groups in total. The molecule has 4 aliphatic rings. The van der Waals surface area contributed by atoms with E-state index in [-0.39, 0.29) is 53.4 Å². The van der Waals surface area contributed by atoms with E-state index in [4.69, 9.17) is 18.9 Å². The third-order valence-corrected chi connectivity index (χ3v) is 9.63. The lowest BCUT2D eigenvalue weighted by atomic mass is 9.89. The Balaban J connectivity index is 1.30. The highest BCUT2D eigenvalue weighted by atomic mass is 16.7. The molecule has 1 aliphatic heterocycles. The van der Waals surface area contributed by atoms with E-state index in [9.17, 15) is 19.2 Å². The predicted molar refractivity (Wildman–Crippen MR) is 153 cm³/mol. The number of ether oxygens (including phenoxy) is 4. The van der Waals surface area contributed by atoms with Crippen LogP contribution in [-0.4, -0.2) is 62.3 Å². The SMILES string of the molecule is O=C(OC[C@H]1O[C@@H](n2cnc3c(=O)[nH]cnc32)[C@H](OC(=O)C2CCCCC2)[C@@H]1OC(=O)C1CCCCC1)C1CCCCC1. The molecule has 0 aromatic carbocycles. The second kappa shape index (κ2) is 13.6. The van der Waals surface area contributed by atoms with Gasteiger partial charge in [-0.3, -0.25) is 23.7 Å². The van der Waals surface area contributed by atoms with Crippen molar-refractivity contribution >= 4 is 29.1 Å². The highest BCUT2D eigenvalue weighted by Crippen LogP contribution is 2.38. The van der Waals surface area contributed by atoms with Crippen molar-refractivity contribution < 1.29 is 33.3 Å². The Labute approximate surface area is 250 Å². The van der Waals surface area contributed by atoms with E-state index in [1.54, 1.807) is 0 Å². The van der Waals surface area contributed by atoms with E-state index in [2.05, 4.69) is 15.0 Å². The highest BCUT2D eigenvalue weighted by molar-refractivity contribution is 5.74. The summed E-state index contributed by atoms with van der Waals surface area (Å²) >= 11 is 0. The smallest absolute Gasteiger partial charge is 0.309 e. The first kappa shape index (κ1) is 29.8. The van der Waals surface area contributed by atoms with Crippen molar-refractivity contribution in [2.45, 2.75) is 121 Å². The zero-order valence-corrected chi connectivity index (χ0v) is 24.6. The van der Waals surface area contributed by atoms with Gasteiger partial charge < -0.3 is 23.9 Å². The number of hydrogen-bond donors (Lipinski definition) is 1. The lowest BCUT2D eigenvalue weighted by Gasteiger charge is -2.29. The van der Waals surface area contributed by atoms with Gasteiger partial charge in [0, 0.05) is 0 Å². The Hall–Kier alpha value is -3.28. The first-order chi connectivity index (χ1) is 21.0. The quantitative estimate of drug-likeness (QED) is 0.347. The van der Waals surface area contributed by atoms with Crippen LogP contribution in [-0.2, 0) is 33.3 Å². The fourth-order valence-electron chi connectivity index (χ4n) is 7.14. The zero-order valence-electron chi connectivity index (χ0n) is 24.6. The highest BCUT2D eigenvalue weighted by Gasteiger charge is 2.52. The van der Waals surface area contributed by atoms with Gasteiger partial charge in [0.1, 0.15) is 12.7 Å². The normalized spacial score (nSPS) is 27.6. The average molecular weight is 599 g/mol. The predicted octanol–water partition coefficient (Wildman–Crippen LogP) is 4.12. The van der Waals surface area contributed by atoms with Gasteiger partial charge >= 0.3 is 17.9 Å². The Kier molecular flexibility index (Phi) is 9.40. The molecule has 3 aliphatic carbocycles. The van der Waals surface area contributed by atoms with Crippen molar-refractivity contribution in [2.24, 2.45) is 17.8 Å². The third kappa shape index (κ3) is 6.63. The van der Waals surface area contributed by atoms with Gasteiger partial charge in [-0.1, -0.05) is 57.8 Å². The maximum Gasteiger partial charge on any atom is 0.309 e. The van der Waals surface area contributed by atoms with Crippen molar-refractivity contribution in [3.8, 4) is 0 Å². The monoisotopic (exact) mass is 598 g/mol.